The molecule has 7 atom stereocenters. The number of ketones is 1. The van der Waals surface area contributed by atoms with Gasteiger partial charge in [0, 0.05) is 18.1 Å². The molecule has 2 aromatic rings. The van der Waals surface area contributed by atoms with Gasteiger partial charge in [-0.3, -0.25) is 14.9 Å². The van der Waals surface area contributed by atoms with Crippen LogP contribution in [0.25, 0.3) is 17.2 Å². The van der Waals surface area contributed by atoms with E-state index in [4.69, 9.17) is 0 Å². The van der Waals surface area contributed by atoms with E-state index in [0.717, 1.165) is 63.0 Å². The van der Waals surface area contributed by atoms with Gasteiger partial charge >= 0.3 is 5.97 Å². The minimum atomic E-state index is -1.22. The number of hydrogen-bond acceptors (Lipinski definition) is 5. The zero-order chi connectivity index (χ0) is 29.8. The molecule has 0 bridgehead atoms. The third kappa shape index (κ3) is 4.81. The van der Waals surface area contributed by atoms with Crippen LogP contribution in [0, 0.1) is 44.6 Å². The van der Waals surface area contributed by atoms with Crippen molar-refractivity contribution in [3.63, 3.8) is 0 Å². The van der Waals surface area contributed by atoms with E-state index < -0.39 is 10.9 Å². The number of nitrogens with zero attached hydrogens (tertiary/aromatic N) is 1. The maximum absolute atomic E-state index is 13.6. The molecule has 3 fully saturated rings. The molecule has 0 aliphatic heterocycles. The molecular weight excluding hydrogens is 530 g/mol. The molecule has 7 nitrogen and oxygen atoms in total. The first kappa shape index (κ1) is 28.5. The number of carbonyl (C=O) groups is 2. The van der Waals surface area contributed by atoms with Crippen molar-refractivity contribution in [3.8, 4) is 11.1 Å². The van der Waals surface area contributed by atoms with Gasteiger partial charge in [0.2, 0.25) is 0 Å². The molecule has 0 unspecified atom stereocenters. The fourth-order valence-corrected chi connectivity index (χ4v) is 9.20. The van der Waals surface area contributed by atoms with Gasteiger partial charge in [0.25, 0.3) is 5.69 Å². The minimum absolute atomic E-state index is 0.00616. The molecule has 2 N–H and O–H groups in total. The molecule has 42 heavy (non-hydrogen) atoms. The van der Waals surface area contributed by atoms with Gasteiger partial charge in [-0.1, -0.05) is 55.8 Å². The van der Waals surface area contributed by atoms with Crippen molar-refractivity contribution >= 4 is 23.5 Å². The van der Waals surface area contributed by atoms with E-state index in [1.165, 1.54) is 17.7 Å². The third-order valence-corrected chi connectivity index (χ3v) is 11.5. The van der Waals surface area contributed by atoms with Gasteiger partial charge in [-0.05, 0) is 109 Å². The largest absolute Gasteiger partial charge is 0.478 e. The number of non-ortho nitro benzene ring substituents is 1. The highest BCUT2D eigenvalue weighted by molar-refractivity contribution is 5.96. The summed E-state index contributed by atoms with van der Waals surface area (Å²) in [4.78, 5) is 35.8. The fourth-order valence-electron chi connectivity index (χ4n) is 9.20. The Labute approximate surface area is 246 Å². The van der Waals surface area contributed by atoms with Crippen LogP contribution in [-0.4, -0.2) is 33.0 Å². The van der Waals surface area contributed by atoms with E-state index >= 15 is 0 Å². The fraction of sp³-hybridized carbons (Fsp3) is 0.486. The van der Waals surface area contributed by atoms with Crippen LogP contribution in [0.5, 0.6) is 0 Å². The monoisotopic (exact) mass is 569 g/mol. The quantitative estimate of drug-likeness (QED) is 0.161. The number of aliphatic hydroxyl groups is 1. The first-order chi connectivity index (χ1) is 20.0. The summed E-state index contributed by atoms with van der Waals surface area (Å²) >= 11 is 0. The summed E-state index contributed by atoms with van der Waals surface area (Å²) < 4.78 is 0. The molecule has 220 valence electrons. The lowest BCUT2D eigenvalue weighted by atomic mass is 9.47. The van der Waals surface area contributed by atoms with Crippen molar-refractivity contribution in [2.75, 3.05) is 0 Å². The summed E-state index contributed by atoms with van der Waals surface area (Å²) in [6.45, 7) is 4.78. The predicted octanol–water partition coefficient (Wildman–Crippen LogP) is 7.48. The van der Waals surface area contributed by atoms with Gasteiger partial charge in [-0.2, -0.15) is 0 Å². The lowest BCUT2D eigenvalue weighted by Crippen LogP contribution is -2.50. The maximum Gasteiger partial charge on any atom is 0.335 e. The van der Waals surface area contributed by atoms with Crippen molar-refractivity contribution in [3.05, 3.63) is 81.4 Å². The average Bonchev–Trinajstić information content (AvgIpc) is 3.33. The summed E-state index contributed by atoms with van der Waals surface area (Å²) in [5.74, 6) is 0.782. The Morgan fingerprint density at radius 1 is 0.976 bits per heavy atom. The van der Waals surface area contributed by atoms with Crippen LogP contribution in [0.1, 0.15) is 81.1 Å². The summed E-state index contributed by atoms with van der Waals surface area (Å²) in [6, 6.07) is 11.1. The molecular formula is C35H39NO6. The van der Waals surface area contributed by atoms with Crippen molar-refractivity contribution in [1.82, 2.24) is 0 Å². The number of aromatic carboxylic acids is 1. The SMILES string of the molecule is C[C@]12CC[C@H]3[C@@H](CC=C4C[C@@H](O)CC[C@@]43C)[C@@H]1CC[C@@H]2C(=O)/C=C/c1ccc(-c2cc(C(=O)O)cc([N+](=O)[O-])c2)cc1. The molecule has 0 spiro atoms. The van der Waals surface area contributed by atoms with Crippen molar-refractivity contribution in [1.29, 1.82) is 0 Å². The second kappa shape index (κ2) is 10.6. The van der Waals surface area contributed by atoms with Crippen LogP contribution in [0.3, 0.4) is 0 Å². The standard InChI is InChI=1S/C35H39NO6/c1-34-15-13-27(37)20-25(34)8-9-28-29-10-11-31(35(29,2)16-14-30(28)34)32(38)12-5-21-3-6-22(7-4-21)23-17-24(33(39)40)19-26(18-23)36(41)42/h3-8,12,17-19,27-31,37H,9-11,13-16,20H2,1-2H3,(H,39,40)/b12-5+/t27-,28-,29-,30-,31+,34-,35-/m0/s1. The van der Waals surface area contributed by atoms with Gasteiger partial charge in [-0.25, -0.2) is 4.79 Å². The number of aliphatic hydroxyl groups excluding tert-OH is 1. The van der Waals surface area contributed by atoms with E-state index in [2.05, 4.69) is 19.9 Å². The van der Waals surface area contributed by atoms with E-state index in [-0.39, 0.29) is 39.9 Å². The maximum atomic E-state index is 13.6. The smallest absolute Gasteiger partial charge is 0.335 e. The van der Waals surface area contributed by atoms with Gasteiger partial charge in [0.1, 0.15) is 0 Å². The molecule has 0 saturated heterocycles. The van der Waals surface area contributed by atoms with Gasteiger partial charge in [0.15, 0.2) is 5.78 Å². The number of nitro benzene ring substituents is 1. The number of allylic oxidation sites excluding steroid dienone is 2. The van der Waals surface area contributed by atoms with E-state index in [0.29, 0.717) is 28.9 Å². The summed E-state index contributed by atoms with van der Waals surface area (Å²) in [7, 11) is 0. The zero-order valence-electron chi connectivity index (χ0n) is 24.3. The molecule has 2 aromatic carbocycles. The Kier molecular flexibility index (Phi) is 7.20. The van der Waals surface area contributed by atoms with Crippen LogP contribution < -0.4 is 0 Å². The first-order valence-electron chi connectivity index (χ1n) is 15.2. The summed E-state index contributed by atoms with van der Waals surface area (Å²) in [6.07, 6.45) is 13.9. The number of carboxylic acids is 1. The Balaban J connectivity index is 1.16. The van der Waals surface area contributed by atoms with Crippen LogP contribution in [0.2, 0.25) is 0 Å². The van der Waals surface area contributed by atoms with Crippen molar-refractivity contribution in [2.24, 2.45) is 34.5 Å². The Morgan fingerprint density at radius 3 is 2.45 bits per heavy atom. The number of rotatable bonds is 6. The van der Waals surface area contributed by atoms with Crippen molar-refractivity contribution in [2.45, 2.75) is 71.3 Å². The van der Waals surface area contributed by atoms with E-state index in [1.54, 1.807) is 18.2 Å². The van der Waals surface area contributed by atoms with Gasteiger partial charge in [-0.15, -0.1) is 0 Å². The topological polar surface area (TPSA) is 118 Å². The number of nitro groups is 1. The highest BCUT2D eigenvalue weighted by Gasteiger charge is 2.59. The van der Waals surface area contributed by atoms with Crippen LogP contribution in [0.15, 0.2) is 60.2 Å². The Bertz CT molecular complexity index is 1460. The predicted molar refractivity (Wildman–Crippen MR) is 161 cm³/mol. The highest BCUT2D eigenvalue weighted by Crippen LogP contribution is 2.66. The minimum Gasteiger partial charge on any atom is -0.478 e. The molecule has 0 amide bonds. The molecule has 6 rings (SSSR count). The molecule has 0 heterocycles. The third-order valence-electron chi connectivity index (χ3n) is 11.5. The summed E-state index contributed by atoms with van der Waals surface area (Å²) in [5.41, 5.74) is 3.23. The normalized spacial score (nSPS) is 33.8. The highest BCUT2D eigenvalue weighted by atomic mass is 16.6. The zero-order valence-corrected chi connectivity index (χ0v) is 24.3. The average molecular weight is 570 g/mol. The molecule has 0 aromatic heterocycles. The lowest BCUT2D eigenvalue weighted by molar-refractivity contribution is -0.384. The lowest BCUT2D eigenvalue weighted by Gasteiger charge is -2.57. The molecule has 4 aliphatic carbocycles. The second-order valence-electron chi connectivity index (χ2n) is 13.5. The molecule has 4 aliphatic rings. The second-order valence-corrected chi connectivity index (χ2v) is 13.5. The molecule has 0 radical (unpaired) electrons. The van der Waals surface area contributed by atoms with Crippen LogP contribution >= 0.6 is 0 Å². The number of fused-ring (bicyclic) bond motifs is 5. The molecule has 7 heteroatoms. The van der Waals surface area contributed by atoms with Crippen LogP contribution in [0.4, 0.5) is 5.69 Å². The van der Waals surface area contributed by atoms with Crippen LogP contribution in [-0.2, 0) is 4.79 Å². The number of carbonyl (C=O) groups excluding carboxylic acids is 1. The number of carboxylic acid groups (broad SMARTS) is 1. The Morgan fingerprint density at radius 2 is 1.74 bits per heavy atom. The number of hydrogen-bond donors (Lipinski definition) is 2. The Hall–Kier alpha value is -3.58. The van der Waals surface area contributed by atoms with Gasteiger partial charge < -0.3 is 10.2 Å². The first-order valence-corrected chi connectivity index (χ1v) is 15.2. The molecule has 3 saturated carbocycles. The number of benzene rings is 2. The van der Waals surface area contributed by atoms with E-state index in [1.807, 2.05) is 18.2 Å². The van der Waals surface area contributed by atoms with Gasteiger partial charge in [0.05, 0.1) is 16.6 Å². The van der Waals surface area contributed by atoms with E-state index in [9.17, 15) is 29.9 Å². The summed E-state index contributed by atoms with van der Waals surface area (Å²) in [5, 5.41) is 30.9. The van der Waals surface area contributed by atoms with Crippen molar-refractivity contribution < 1.29 is 24.7 Å².